The molecule has 0 aliphatic carbocycles. The minimum atomic E-state index is -0.915. The molecule has 0 aliphatic rings. The topological polar surface area (TPSA) is 63.6 Å². The van der Waals surface area contributed by atoms with E-state index in [4.69, 9.17) is 4.74 Å². The molecule has 21 heavy (non-hydrogen) atoms. The number of ether oxygens (including phenoxy) is 1. The fourth-order valence-electron chi connectivity index (χ4n) is 2.07. The third-order valence-corrected chi connectivity index (χ3v) is 3.29. The number of hydrogen-bond acceptors (Lipinski definition) is 3. The molecule has 0 amide bonds. The monoisotopic (exact) mass is 292 g/mol. The second-order valence-corrected chi connectivity index (χ2v) is 6.36. The van der Waals surface area contributed by atoms with Gasteiger partial charge in [0.1, 0.15) is 5.60 Å². The van der Waals surface area contributed by atoms with Crippen LogP contribution in [0, 0.1) is 13.8 Å². The highest BCUT2D eigenvalue weighted by Crippen LogP contribution is 2.24. The first-order chi connectivity index (χ1) is 9.60. The number of benzene rings is 1. The van der Waals surface area contributed by atoms with E-state index < -0.39 is 17.5 Å². The molecule has 0 saturated carbocycles. The minimum absolute atomic E-state index is 0.0984. The Kier molecular flexibility index (Phi) is 5.53. The normalized spacial score (nSPS) is 12.8. The van der Waals surface area contributed by atoms with Crippen LogP contribution in [0.5, 0.6) is 0 Å². The Morgan fingerprint density at radius 1 is 1.19 bits per heavy atom. The standard InChI is InChI=1S/C17H24O4/c1-11-6-7-13(10-12(11)2)14(16(19)20)8-9-15(18)21-17(3,4)5/h6-7,10,14H,8-9H2,1-5H3,(H,19,20)/t14-/m0/s1. The maximum Gasteiger partial charge on any atom is 0.310 e. The molecule has 0 aromatic heterocycles. The largest absolute Gasteiger partial charge is 0.481 e. The summed E-state index contributed by atoms with van der Waals surface area (Å²) in [5, 5.41) is 9.38. The number of carbonyl (C=O) groups is 2. The Morgan fingerprint density at radius 3 is 2.29 bits per heavy atom. The Balaban J connectivity index is 2.77. The van der Waals surface area contributed by atoms with Gasteiger partial charge in [-0.2, -0.15) is 0 Å². The molecule has 116 valence electrons. The molecule has 0 saturated heterocycles. The summed E-state index contributed by atoms with van der Waals surface area (Å²) in [6.07, 6.45) is 0.341. The molecule has 1 N–H and O–H groups in total. The van der Waals surface area contributed by atoms with E-state index >= 15 is 0 Å². The quantitative estimate of drug-likeness (QED) is 0.842. The lowest BCUT2D eigenvalue weighted by molar-refractivity contribution is -0.155. The molecule has 0 spiro atoms. The van der Waals surface area contributed by atoms with Gasteiger partial charge in [0.25, 0.3) is 0 Å². The summed E-state index contributed by atoms with van der Waals surface area (Å²) in [6.45, 7) is 9.32. The number of carboxylic acid groups (broad SMARTS) is 1. The summed E-state index contributed by atoms with van der Waals surface area (Å²) < 4.78 is 5.21. The van der Waals surface area contributed by atoms with Crippen LogP contribution in [0.1, 0.15) is 56.2 Å². The van der Waals surface area contributed by atoms with E-state index in [1.165, 1.54) is 0 Å². The molecule has 1 atom stereocenters. The van der Waals surface area contributed by atoms with Gasteiger partial charge in [0.05, 0.1) is 5.92 Å². The fraction of sp³-hybridized carbons (Fsp3) is 0.529. The number of esters is 1. The number of rotatable bonds is 5. The van der Waals surface area contributed by atoms with Gasteiger partial charge < -0.3 is 9.84 Å². The van der Waals surface area contributed by atoms with Crippen LogP contribution in [0.3, 0.4) is 0 Å². The lowest BCUT2D eigenvalue weighted by Crippen LogP contribution is -2.24. The predicted molar refractivity (Wildman–Crippen MR) is 81.4 cm³/mol. The number of aryl methyl sites for hydroxylation is 2. The van der Waals surface area contributed by atoms with Gasteiger partial charge in [0, 0.05) is 6.42 Å². The van der Waals surface area contributed by atoms with Crippen LogP contribution in [0.4, 0.5) is 0 Å². The Labute approximate surface area is 126 Å². The van der Waals surface area contributed by atoms with E-state index in [0.717, 1.165) is 16.7 Å². The van der Waals surface area contributed by atoms with E-state index in [0.29, 0.717) is 0 Å². The van der Waals surface area contributed by atoms with Crippen molar-refractivity contribution < 1.29 is 19.4 Å². The highest BCUT2D eigenvalue weighted by molar-refractivity contribution is 5.78. The van der Waals surface area contributed by atoms with Gasteiger partial charge >= 0.3 is 11.9 Å². The van der Waals surface area contributed by atoms with Gasteiger partial charge in [0.15, 0.2) is 0 Å². The van der Waals surface area contributed by atoms with Crippen LogP contribution in [0.25, 0.3) is 0 Å². The van der Waals surface area contributed by atoms with E-state index in [9.17, 15) is 14.7 Å². The average Bonchev–Trinajstić information content (AvgIpc) is 2.31. The summed E-state index contributed by atoms with van der Waals surface area (Å²) in [5.74, 6) is -1.96. The molecule has 0 aliphatic heterocycles. The Bertz CT molecular complexity index is 526. The number of carbonyl (C=O) groups excluding carboxylic acids is 1. The maximum absolute atomic E-state index is 11.7. The van der Waals surface area contributed by atoms with E-state index in [1.54, 1.807) is 20.8 Å². The van der Waals surface area contributed by atoms with Crippen LogP contribution in [0.2, 0.25) is 0 Å². The molecule has 1 aromatic carbocycles. The molecule has 0 fully saturated rings. The van der Waals surface area contributed by atoms with Gasteiger partial charge in [-0.25, -0.2) is 0 Å². The summed E-state index contributed by atoms with van der Waals surface area (Å²) >= 11 is 0. The van der Waals surface area contributed by atoms with E-state index in [1.807, 2.05) is 32.0 Å². The van der Waals surface area contributed by atoms with E-state index in [-0.39, 0.29) is 18.8 Å². The number of aliphatic carboxylic acids is 1. The smallest absolute Gasteiger partial charge is 0.310 e. The summed E-state index contributed by atoms with van der Waals surface area (Å²) in [7, 11) is 0. The van der Waals surface area contributed by atoms with Gasteiger partial charge in [-0.3, -0.25) is 9.59 Å². The van der Waals surface area contributed by atoms with Crippen molar-refractivity contribution in [1.29, 1.82) is 0 Å². The van der Waals surface area contributed by atoms with Crippen molar-refractivity contribution >= 4 is 11.9 Å². The Hall–Kier alpha value is -1.84. The third-order valence-electron chi connectivity index (χ3n) is 3.29. The number of hydrogen-bond donors (Lipinski definition) is 1. The third kappa shape index (κ3) is 5.58. The van der Waals surface area contributed by atoms with Crippen LogP contribution in [-0.2, 0) is 14.3 Å². The van der Waals surface area contributed by atoms with Crippen molar-refractivity contribution in [3.05, 3.63) is 34.9 Å². The van der Waals surface area contributed by atoms with Gasteiger partial charge in [-0.15, -0.1) is 0 Å². The summed E-state index contributed by atoms with van der Waals surface area (Å²) in [6, 6.07) is 5.60. The Morgan fingerprint density at radius 2 is 1.81 bits per heavy atom. The zero-order chi connectivity index (χ0) is 16.2. The zero-order valence-electron chi connectivity index (χ0n) is 13.4. The van der Waals surface area contributed by atoms with Gasteiger partial charge in [0.2, 0.25) is 0 Å². The van der Waals surface area contributed by atoms with Crippen molar-refractivity contribution in [3.63, 3.8) is 0 Å². The van der Waals surface area contributed by atoms with Crippen LogP contribution in [-0.4, -0.2) is 22.6 Å². The second kappa shape index (κ2) is 6.74. The molecule has 4 nitrogen and oxygen atoms in total. The van der Waals surface area contributed by atoms with Crippen LogP contribution in [0.15, 0.2) is 18.2 Å². The molecule has 4 heteroatoms. The molecule has 1 aromatic rings. The van der Waals surface area contributed by atoms with Crippen molar-refractivity contribution in [2.75, 3.05) is 0 Å². The van der Waals surface area contributed by atoms with Crippen molar-refractivity contribution in [1.82, 2.24) is 0 Å². The predicted octanol–water partition coefficient (Wildman–Crippen LogP) is 3.59. The first kappa shape index (κ1) is 17.2. The van der Waals surface area contributed by atoms with Crippen LogP contribution >= 0.6 is 0 Å². The molecule has 0 heterocycles. The molecule has 0 bridgehead atoms. The molecule has 1 rings (SSSR count). The first-order valence-electron chi connectivity index (χ1n) is 7.12. The van der Waals surface area contributed by atoms with Gasteiger partial charge in [-0.05, 0) is 57.7 Å². The second-order valence-electron chi connectivity index (χ2n) is 6.36. The van der Waals surface area contributed by atoms with Gasteiger partial charge in [-0.1, -0.05) is 18.2 Å². The summed E-state index contributed by atoms with van der Waals surface area (Å²) in [4.78, 5) is 23.2. The SMILES string of the molecule is Cc1ccc([C@H](CCC(=O)OC(C)(C)C)C(=O)O)cc1C. The van der Waals surface area contributed by atoms with E-state index in [2.05, 4.69) is 0 Å². The summed E-state index contributed by atoms with van der Waals surface area (Å²) in [5.41, 5.74) is 2.36. The highest BCUT2D eigenvalue weighted by atomic mass is 16.6. The fourth-order valence-corrected chi connectivity index (χ4v) is 2.07. The lowest BCUT2D eigenvalue weighted by atomic mass is 9.92. The first-order valence-corrected chi connectivity index (χ1v) is 7.12. The molecular formula is C17H24O4. The molecule has 0 radical (unpaired) electrons. The molecule has 0 unspecified atom stereocenters. The minimum Gasteiger partial charge on any atom is -0.481 e. The van der Waals surface area contributed by atoms with Crippen molar-refractivity contribution in [3.8, 4) is 0 Å². The zero-order valence-corrected chi connectivity index (χ0v) is 13.4. The highest BCUT2D eigenvalue weighted by Gasteiger charge is 2.23. The molecular weight excluding hydrogens is 268 g/mol. The van der Waals surface area contributed by atoms with Crippen molar-refractivity contribution in [2.45, 2.75) is 59.0 Å². The lowest BCUT2D eigenvalue weighted by Gasteiger charge is -2.20. The van der Waals surface area contributed by atoms with Crippen LogP contribution < -0.4 is 0 Å². The van der Waals surface area contributed by atoms with Crippen molar-refractivity contribution in [2.24, 2.45) is 0 Å². The number of carboxylic acids is 1. The maximum atomic E-state index is 11.7. The average molecular weight is 292 g/mol.